The minimum atomic E-state index is -0.340. The molecule has 4 rings (SSSR count). The van der Waals surface area contributed by atoms with Crippen molar-refractivity contribution in [2.24, 2.45) is 0 Å². The lowest BCUT2D eigenvalue weighted by Gasteiger charge is -2.25. The van der Waals surface area contributed by atoms with Gasteiger partial charge in [0.25, 0.3) is 5.91 Å². The molecule has 132 valence electrons. The maximum Gasteiger partial charge on any atom is 0.272 e. The molecule has 0 unspecified atom stereocenters. The van der Waals surface area contributed by atoms with Gasteiger partial charge in [-0.15, -0.1) is 0 Å². The van der Waals surface area contributed by atoms with Gasteiger partial charge in [-0.1, -0.05) is 12.1 Å². The summed E-state index contributed by atoms with van der Waals surface area (Å²) in [4.78, 5) is 12.7. The van der Waals surface area contributed by atoms with Crippen molar-refractivity contribution in [1.29, 1.82) is 0 Å². The van der Waals surface area contributed by atoms with Crippen LogP contribution in [0.5, 0.6) is 0 Å². The molecule has 1 heterocycles. The zero-order chi connectivity index (χ0) is 17.4. The molecule has 0 radical (unpaired) electrons. The number of carbonyl (C=O) groups is 1. The van der Waals surface area contributed by atoms with E-state index in [0.717, 1.165) is 43.4 Å². The van der Waals surface area contributed by atoms with Gasteiger partial charge >= 0.3 is 0 Å². The normalized spacial score (nSPS) is 22.6. The highest BCUT2D eigenvalue weighted by Gasteiger charge is 2.29. The zero-order valence-corrected chi connectivity index (χ0v) is 14.0. The average Bonchev–Trinajstić information content (AvgIpc) is 3.20. The smallest absolute Gasteiger partial charge is 0.272 e. The molecule has 0 spiro atoms. The van der Waals surface area contributed by atoms with E-state index in [2.05, 4.69) is 10.4 Å². The van der Waals surface area contributed by atoms with Crippen molar-refractivity contribution in [3.63, 3.8) is 0 Å². The summed E-state index contributed by atoms with van der Waals surface area (Å²) < 4.78 is 15.8. The molecule has 2 aliphatic rings. The van der Waals surface area contributed by atoms with E-state index in [1.165, 1.54) is 6.07 Å². The molecule has 25 heavy (non-hydrogen) atoms. The summed E-state index contributed by atoms with van der Waals surface area (Å²) in [5, 5.41) is 17.1. The second kappa shape index (κ2) is 6.59. The number of halogens is 1. The number of aliphatic hydroxyl groups excluding tert-OH is 1. The number of para-hydroxylation sites is 1. The highest BCUT2D eigenvalue weighted by molar-refractivity contribution is 5.94. The van der Waals surface area contributed by atoms with Crippen LogP contribution in [-0.4, -0.2) is 32.9 Å². The van der Waals surface area contributed by atoms with Crippen molar-refractivity contribution in [3.05, 3.63) is 47.0 Å². The van der Waals surface area contributed by atoms with Crippen LogP contribution in [0.3, 0.4) is 0 Å². The summed E-state index contributed by atoms with van der Waals surface area (Å²) >= 11 is 0. The Labute approximate surface area is 145 Å². The molecule has 1 aromatic heterocycles. The van der Waals surface area contributed by atoms with Crippen LogP contribution in [0.15, 0.2) is 24.3 Å². The summed E-state index contributed by atoms with van der Waals surface area (Å²) in [7, 11) is 0. The third-order valence-electron chi connectivity index (χ3n) is 5.26. The summed E-state index contributed by atoms with van der Waals surface area (Å²) in [5.74, 6) is -0.525. The van der Waals surface area contributed by atoms with Crippen LogP contribution in [0.2, 0.25) is 0 Å². The Morgan fingerprint density at radius 3 is 2.72 bits per heavy atom. The van der Waals surface area contributed by atoms with E-state index >= 15 is 0 Å². The van der Waals surface area contributed by atoms with Crippen molar-refractivity contribution >= 4 is 5.91 Å². The molecule has 0 atom stereocenters. The quantitative estimate of drug-likeness (QED) is 0.900. The molecule has 6 heteroatoms. The fourth-order valence-electron chi connectivity index (χ4n) is 3.92. The first-order chi connectivity index (χ1) is 12.1. The molecule has 1 amide bonds. The van der Waals surface area contributed by atoms with Crippen LogP contribution >= 0.6 is 0 Å². The van der Waals surface area contributed by atoms with E-state index in [4.69, 9.17) is 0 Å². The number of hydrogen-bond acceptors (Lipinski definition) is 3. The first kappa shape index (κ1) is 16.3. The second-order valence-corrected chi connectivity index (χ2v) is 6.97. The van der Waals surface area contributed by atoms with Gasteiger partial charge in [-0.05, 0) is 57.1 Å². The molecular weight excluding hydrogens is 321 g/mol. The van der Waals surface area contributed by atoms with Crippen molar-refractivity contribution in [3.8, 4) is 5.69 Å². The van der Waals surface area contributed by atoms with Crippen LogP contribution in [-0.2, 0) is 12.8 Å². The van der Waals surface area contributed by atoms with Crippen LogP contribution < -0.4 is 5.32 Å². The van der Waals surface area contributed by atoms with Crippen LogP contribution in [0.1, 0.15) is 53.8 Å². The Bertz CT molecular complexity index is 794. The zero-order valence-electron chi connectivity index (χ0n) is 14.0. The Kier molecular flexibility index (Phi) is 4.29. The minimum absolute atomic E-state index is 0.0755. The number of rotatable bonds is 3. The second-order valence-electron chi connectivity index (χ2n) is 6.97. The molecule has 1 fully saturated rings. The summed E-state index contributed by atoms with van der Waals surface area (Å²) in [5.41, 5.74) is 2.69. The van der Waals surface area contributed by atoms with Gasteiger partial charge in [0.1, 0.15) is 11.5 Å². The van der Waals surface area contributed by atoms with Crippen molar-refractivity contribution in [1.82, 2.24) is 15.1 Å². The van der Waals surface area contributed by atoms with E-state index in [-0.39, 0.29) is 23.9 Å². The molecule has 2 N–H and O–H groups in total. The van der Waals surface area contributed by atoms with Crippen molar-refractivity contribution < 1.29 is 14.3 Å². The third kappa shape index (κ3) is 3.06. The number of nitrogens with one attached hydrogen (secondary N) is 1. The van der Waals surface area contributed by atoms with Gasteiger partial charge in [0.2, 0.25) is 0 Å². The summed E-state index contributed by atoms with van der Waals surface area (Å²) in [6.07, 6.45) is 5.30. The van der Waals surface area contributed by atoms with Gasteiger partial charge in [-0.3, -0.25) is 4.79 Å². The number of aliphatic hydroxyl groups is 1. The van der Waals surface area contributed by atoms with Gasteiger partial charge in [-0.2, -0.15) is 5.10 Å². The molecule has 1 aromatic carbocycles. The fourth-order valence-corrected chi connectivity index (χ4v) is 3.92. The molecular formula is C19H22FN3O2. The molecule has 5 nitrogen and oxygen atoms in total. The molecule has 0 aliphatic heterocycles. The standard InChI is InChI=1S/C19H22FN3O2/c20-15-5-1-2-6-17(15)23-16-7-3-4-14(16)18(22-23)19(25)21-12-8-10-13(24)11-9-12/h1-2,5-6,12-13,24H,3-4,7-11H2,(H,21,25). The lowest BCUT2D eigenvalue weighted by molar-refractivity contribution is 0.0862. The predicted molar refractivity (Wildman–Crippen MR) is 91.3 cm³/mol. The third-order valence-corrected chi connectivity index (χ3v) is 5.26. The molecule has 0 bridgehead atoms. The number of nitrogens with zero attached hydrogens (tertiary/aromatic N) is 2. The van der Waals surface area contributed by atoms with Crippen LogP contribution in [0.25, 0.3) is 5.69 Å². The lowest BCUT2D eigenvalue weighted by Crippen LogP contribution is -2.39. The Morgan fingerprint density at radius 2 is 1.96 bits per heavy atom. The fraction of sp³-hybridized carbons (Fsp3) is 0.474. The van der Waals surface area contributed by atoms with E-state index in [9.17, 15) is 14.3 Å². The number of carbonyl (C=O) groups excluding carboxylic acids is 1. The van der Waals surface area contributed by atoms with E-state index in [1.54, 1.807) is 22.9 Å². The number of benzene rings is 1. The molecule has 2 aliphatic carbocycles. The Morgan fingerprint density at radius 1 is 1.20 bits per heavy atom. The van der Waals surface area contributed by atoms with Crippen molar-refractivity contribution in [2.45, 2.75) is 57.1 Å². The van der Waals surface area contributed by atoms with Gasteiger partial charge in [0.05, 0.1) is 6.10 Å². The number of amides is 1. The first-order valence-electron chi connectivity index (χ1n) is 8.98. The van der Waals surface area contributed by atoms with Crippen LogP contribution in [0.4, 0.5) is 4.39 Å². The largest absolute Gasteiger partial charge is 0.393 e. The molecule has 0 saturated heterocycles. The SMILES string of the molecule is O=C(NC1CCC(O)CC1)c1nn(-c2ccccc2F)c2c1CCC2. The predicted octanol–water partition coefficient (Wildman–Crippen LogP) is 2.53. The number of hydrogen-bond donors (Lipinski definition) is 2. The Hall–Kier alpha value is -2.21. The van der Waals surface area contributed by atoms with Gasteiger partial charge < -0.3 is 10.4 Å². The van der Waals surface area contributed by atoms with Gasteiger partial charge in [-0.25, -0.2) is 9.07 Å². The first-order valence-corrected chi connectivity index (χ1v) is 8.98. The Balaban J connectivity index is 1.61. The highest BCUT2D eigenvalue weighted by atomic mass is 19.1. The maximum atomic E-state index is 14.2. The number of aromatic nitrogens is 2. The molecule has 2 aromatic rings. The summed E-state index contributed by atoms with van der Waals surface area (Å²) in [6, 6.07) is 6.59. The number of fused-ring (bicyclic) bond motifs is 1. The van der Waals surface area contributed by atoms with E-state index in [0.29, 0.717) is 24.2 Å². The van der Waals surface area contributed by atoms with E-state index in [1.807, 2.05) is 0 Å². The highest BCUT2D eigenvalue weighted by Crippen LogP contribution is 2.29. The van der Waals surface area contributed by atoms with Gasteiger partial charge in [0.15, 0.2) is 5.69 Å². The van der Waals surface area contributed by atoms with Crippen LogP contribution in [0, 0.1) is 5.82 Å². The minimum Gasteiger partial charge on any atom is -0.393 e. The maximum absolute atomic E-state index is 14.2. The lowest BCUT2D eigenvalue weighted by atomic mass is 9.93. The topological polar surface area (TPSA) is 67.2 Å². The van der Waals surface area contributed by atoms with E-state index < -0.39 is 0 Å². The monoisotopic (exact) mass is 343 g/mol. The summed E-state index contributed by atoms with van der Waals surface area (Å²) in [6.45, 7) is 0. The van der Waals surface area contributed by atoms with Crippen molar-refractivity contribution in [2.75, 3.05) is 0 Å². The van der Waals surface area contributed by atoms with Gasteiger partial charge in [0, 0.05) is 17.3 Å². The molecule has 1 saturated carbocycles. The average molecular weight is 343 g/mol.